The number of rotatable bonds is 3. The van der Waals surface area contributed by atoms with Gasteiger partial charge in [-0.3, -0.25) is 4.99 Å². The standard InChI is InChI=1S/C17H33N3O2S.HI/c1-5-14-6-8-15(9-7-14)12-19-16(18-4)20-10-11-23(21,22)17(2,3)13-20;/h14-15H,5-13H2,1-4H3,(H,18,19);1H. The highest BCUT2D eigenvalue weighted by atomic mass is 127. The molecule has 0 bridgehead atoms. The third-order valence-corrected chi connectivity index (χ3v) is 8.18. The highest BCUT2D eigenvalue weighted by Gasteiger charge is 2.41. The van der Waals surface area contributed by atoms with E-state index in [1.165, 1.54) is 32.1 Å². The van der Waals surface area contributed by atoms with Crippen LogP contribution in [0, 0.1) is 11.8 Å². The van der Waals surface area contributed by atoms with E-state index in [9.17, 15) is 8.42 Å². The number of hydrogen-bond acceptors (Lipinski definition) is 3. The summed E-state index contributed by atoms with van der Waals surface area (Å²) in [7, 11) is -1.22. The average molecular weight is 471 g/mol. The van der Waals surface area contributed by atoms with Gasteiger partial charge in [-0.2, -0.15) is 0 Å². The lowest BCUT2D eigenvalue weighted by molar-refractivity contribution is 0.265. The van der Waals surface area contributed by atoms with Crippen molar-refractivity contribution in [2.24, 2.45) is 16.8 Å². The van der Waals surface area contributed by atoms with Crippen LogP contribution in [0.1, 0.15) is 52.9 Å². The van der Waals surface area contributed by atoms with Gasteiger partial charge in [0.05, 0.1) is 10.5 Å². The molecule has 142 valence electrons. The molecule has 0 atom stereocenters. The fourth-order valence-electron chi connectivity index (χ4n) is 3.74. The summed E-state index contributed by atoms with van der Waals surface area (Å²) in [6.07, 6.45) is 6.58. The fourth-order valence-corrected chi connectivity index (χ4v) is 5.10. The molecule has 5 nitrogen and oxygen atoms in total. The Morgan fingerprint density at radius 3 is 2.29 bits per heavy atom. The maximum Gasteiger partial charge on any atom is 0.193 e. The van der Waals surface area contributed by atoms with Gasteiger partial charge in [-0.25, -0.2) is 8.42 Å². The molecule has 1 aliphatic carbocycles. The average Bonchev–Trinajstić information content (AvgIpc) is 2.52. The van der Waals surface area contributed by atoms with Gasteiger partial charge in [0, 0.05) is 26.7 Å². The van der Waals surface area contributed by atoms with Gasteiger partial charge < -0.3 is 10.2 Å². The smallest absolute Gasteiger partial charge is 0.193 e. The highest BCUT2D eigenvalue weighted by Crippen LogP contribution is 2.30. The lowest BCUT2D eigenvalue weighted by Crippen LogP contribution is -2.57. The highest BCUT2D eigenvalue weighted by molar-refractivity contribution is 14.0. The second kappa shape index (κ2) is 9.05. The van der Waals surface area contributed by atoms with Crippen LogP contribution in [-0.4, -0.2) is 56.5 Å². The van der Waals surface area contributed by atoms with Crippen LogP contribution in [0.3, 0.4) is 0 Å². The van der Waals surface area contributed by atoms with E-state index in [-0.39, 0.29) is 29.7 Å². The molecule has 0 radical (unpaired) electrons. The fraction of sp³-hybridized carbons (Fsp3) is 0.941. The molecular formula is C17H34IN3O2S. The van der Waals surface area contributed by atoms with Gasteiger partial charge in [0.25, 0.3) is 0 Å². The Balaban J connectivity index is 0.00000288. The van der Waals surface area contributed by atoms with Crippen molar-refractivity contribution < 1.29 is 8.42 Å². The number of guanidine groups is 1. The Bertz CT molecular complexity index is 526. The van der Waals surface area contributed by atoms with Crippen LogP contribution < -0.4 is 5.32 Å². The summed E-state index contributed by atoms with van der Waals surface area (Å²) >= 11 is 0. The van der Waals surface area contributed by atoms with E-state index < -0.39 is 14.6 Å². The Morgan fingerprint density at radius 1 is 1.21 bits per heavy atom. The molecule has 24 heavy (non-hydrogen) atoms. The Hall–Kier alpha value is -0.0500. The molecule has 0 unspecified atom stereocenters. The van der Waals surface area contributed by atoms with Crippen LogP contribution in [-0.2, 0) is 9.84 Å². The maximum atomic E-state index is 12.1. The second-order valence-electron chi connectivity index (χ2n) is 7.72. The summed E-state index contributed by atoms with van der Waals surface area (Å²) in [5.41, 5.74) is 0. The van der Waals surface area contributed by atoms with E-state index in [0.29, 0.717) is 13.1 Å². The van der Waals surface area contributed by atoms with Crippen molar-refractivity contribution in [1.82, 2.24) is 10.2 Å². The topological polar surface area (TPSA) is 61.8 Å². The molecule has 2 fully saturated rings. The van der Waals surface area contributed by atoms with Gasteiger partial charge in [-0.15, -0.1) is 24.0 Å². The van der Waals surface area contributed by atoms with Crippen molar-refractivity contribution >= 4 is 39.8 Å². The SMILES string of the molecule is CCC1CCC(CNC(=NC)N2CCS(=O)(=O)C(C)(C)C2)CC1.I. The molecule has 2 aliphatic rings. The quantitative estimate of drug-likeness (QED) is 0.391. The molecule has 0 aromatic heterocycles. The molecule has 1 N–H and O–H groups in total. The first-order chi connectivity index (χ1) is 10.8. The molecule has 1 saturated carbocycles. The van der Waals surface area contributed by atoms with Gasteiger partial charge in [0.2, 0.25) is 0 Å². The third-order valence-electron chi connectivity index (χ3n) is 5.65. The van der Waals surface area contributed by atoms with Crippen molar-refractivity contribution in [1.29, 1.82) is 0 Å². The molecule has 0 spiro atoms. The van der Waals surface area contributed by atoms with E-state index in [1.807, 2.05) is 13.8 Å². The van der Waals surface area contributed by atoms with Gasteiger partial charge in [0.15, 0.2) is 15.8 Å². The van der Waals surface area contributed by atoms with E-state index in [1.54, 1.807) is 7.05 Å². The van der Waals surface area contributed by atoms with Gasteiger partial charge in [-0.05, 0) is 38.5 Å². The number of aliphatic imine (C=N–C) groups is 1. The summed E-state index contributed by atoms with van der Waals surface area (Å²) in [6, 6.07) is 0. The zero-order valence-corrected chi connectivity index (χ0v) is 18.7. The van der Waals surface area contributed by atoms with E-state index in [2.05, 4.69) is 22.1 Å². The molecule has 0 aromatic carbocycles. The first kappa shape index (κ1) is 22.0. The van der Waals surface area contributed by atoms with Crippen LogP contribution in [0.2, 0.25) is 0 Å². The Kier molecular flexibility index (Phi) is 8.29. The molecular weight excluding hydrogens is 437 g/mol. The van der Waals surface area contributed by atoms with Gasteiger partial charge in [-0.1, -0.05) is 26.2 Å². The van der Waals surface area contributed by atoms with Crippen LogP contribution >= 0.6 is 24.0 Å². The molecule has 7 heteroatoms. The molecule has 0 amide bonds. The number of nitrogens with zero attached hydrogens (tertiary/aromatic N) is 2. The predicted molar refractivity (Wildman–Crippen MR) is 112 cm³/mol. The molecule has 1 saturated heterocycles. The van der Waals surface area contributed by atoms with Crippen molar-refractivity contribution in [2.75, 3.05) is 32.4 Å². The lowest BCUT2D eigenvalue weighted by atomic mass is 9.81. The van der Waals surface area contributed by atoms with E-state index >= 15 is 0 Å². The van der Waals surface area contributed by atoms with Crippen molar-refractivity contribution in [3.8, 4) is 0 Å². The zero-order chi connectivity index (χ0) is 17.1. The van der Waals surface area contributed by atoms with E-state index in [0.717, 1.165) is 24.3 Å². The lowest BCUT2D eigenvalue weighted by Gasteiger charge is -2.39. The summed E-state index contributed by atoms with van der Waals surface area (Å²) in [5.74, 6) is 2.70. The van der Waals surface area contributed by atoms with Crippen LogP contribution in [0.4, 0.5) is 0 Å². The Labute approximate surface area is 165 Å². The molecule has 1 aliphatic heterocycles. The summed E-state index contributed by atoms with van der Waals surface area (Å²) in [4.78, 5) is 6.47. The molecule has 2 rings (SSSR count). The minimum absolute atomic E-state index is 0. The first-order valence-corrected chi connectivity index (χ1v) is 10.6. The zero-order valence-electron chi connectivity index (χ0n) is 15.5. The van der Waals surface area contributed by atoms with E-state index in [4.69, 9.17) is 0 Å². The summed E-state index contributed by atoms with van der Waals surface area (Å²) in [6.45, 7) is 7.91. The summed E-state index contributed by atoms with van der Waals surface area (Å²) in [5, 5.41) is 3.49. The second-order valence-corrected chi connectivity index (χ2v) is 10.5. The van der Waals surface area contributed by atoms with Crippen molar-refractivity contribution in [3.05, 3.63) is 0 Å². The predicted octanol–water partition coefficient (Wildman–Crippen LogP) is 2.91. The minimum atomic E-state index is -3.00. The van der Waals surface area contributed by atoms with Gasteiger partial charge in [0.1, 0.15) is 0 Å². The Morgan fingerprint density at radius 2 is 1.79 bits per heavy atom. The van der Waals surface area contributed by atoms with Crippen molar-refractivity contribution in [2.45, 2.75) is 57.6 Å². The number of sulfone groups is 1. The molecule has 0 aromatic rings. The molecule has 1 heterocycles. The summed E-state index contributed by atoms with van der Waals surface area (Å²) < 4.78 is 23.6. The van der Waals surface area contributed by atoms with Crippen LogP contribution in [0.5, 0.6) is 0 Å². The minimum Gasteiger partial charge on any atom is -0.356 e. The normalized spacial score (nSPS) is 29.7. The van der Waals surface area contributed by atoms with Crippen LogP contribution in [0.25, 0.3) is 0 Å². The van der Waals surface area contributed by atoms with Gasteiger partial charge >= 0.3 is 0 Å². The largest absolute Gasteiger partial charge is 0.356 e. The third kappa shape index (κ3) is 5.22. The monoisotopic (exact) mass is 471 g/mol. The number of nitrogens with one attached hydrogen (secondary N) is 1. The maximum absolute atomic E-state index is 12.1. The van der Waals surface area contributed by atoms with Crippen LogP contribution in [0.15, 0.2) is 4.99 Å². The first-order valence-electron chi connectivity index (χ1n) is 8.97. The number of hydrogen-bond donors (Lipinski definition) is 1. The number of halogens is 1. The van der Waals surface area contributed by atoms with Crippen molar-refractivity contribution in [3.63, 3.8) is 0 Å².